The first kappa shape index (κ1) is 12.8. The molecular formula is C14H14N4O. The fourth-order valence-corrected chi connectivity index (χ4v) is 1.62. The van der Waals surface area contributed by atoms with Crippen molar-refractivity contribution in [1.29, 1.82) is 5.26 Å². The van der Waals surface area contributed by atoms with E-state index in [0.29, 0.717) is 22.7 Å². The first-order valence-corrected chi connectivity index (χ1v) is 5.81. The molecule has 19 heavy (non-hydrogen) atoms. The predicted molar refractivity (Wildman–Crippen MR) is 71.9 cm³/mol. The standard InChI is InChI=1S/C14H14N4O/c1-8-4-5-11(16)6-13(8)19-14-12(7-15)9(2)10(3)17-18-14/h4-6H,16H2,1-3H3. The van der Waals surface area contributed by atoms with Gasteiger partial charge in [-0.1, -0.05) is 6.07 Å². The quantitative estimate of drug-likeness (QED) is 0.833. The summed E-state index contributed by atoms with van der Waals surface area (Å²) in [4.78, 5) is 0. The summed E-state index contributed by atoms with van der Waals surface area (Å²) in [6.45, 7) is 5.52. The number of nitrogens with zero attached hydrogens (tertiary/aromatic N) is 3. The van der Waals surface area contributed by atoms with Crippen molar-refractivity contribution in [1.82, 2.24) is 10.2 Å². The Morgan fingerprint density at radius 1 is 1.21 bits per heavy atom. The zero-order valence-electron chi connectivity index (χ0n) is 11.1. The van der Waals surface area contributed by atoms with Gasteiger partial charge in [0.25, 0.3) is 5.88 Å². The molecule has 1 heterocycles. The van der Waals surface area contributed by atoms with Gasteiger partial charge in [0.1, 0.15) is 17.4 Å². The van der Waals surface area contributed by atoms with Crippen LogP contribution in [0, 0.1) is 32.1 Å². The van der Waals surface area contributed by atoms with Crippen molar-refractivity contribution >= 4 is 5.69 Å². The third kappa shape index (κ3) is 2.47. The van der Waals surface area contributed by atoms with Gasteiger partial charge in [-0.05, 0) is 38.0 Å². The summed E-state index contributed by atoms with van der Waals surface area (Å²) in [5.41, 5.74) is 9.12. The minimum absolute atomic E-state index is 0.208. The average molecular weight is 254 g/mol. The van der Waals surface area contributed by atoms with Gasteiger partial charge < -0.3 is 10.5 Å². The van der Waals surface area contributed by atoms with E-state index in [-0.39, 0.29) is 5.88 Å². The fourth-order valence-electron chi connectivity index (χ4n) is 1.62. The van der Waals surface area contributed by atoms with Gasteiger partial charge in [-0.15, -0.1) is 5.10 Å². The molecule has 0 saturated carbocycles. The summed E-state index contributed by atoms with van der Waals surface area (Å²) in [5, 5.41) is 17.1. The highest BCUT2D eigenvalue weighted by molar-refractivity contribution is 5.51. The molecule has 0 aliphatic carbocycles. The Morgan fingerprint density at radius 2 is 1.95 bits per heavy atom. The Balaban J connectivity index is 2.47. The minimum Gasteiger partial charge on any atom is -0.436 e. The number of nitrogen functional groups attached to an aromatic ring is 1. The lowest BCUT2D eigenvalue weighted by Crippen LogP contribution is -2.01. The molecule has 0 aliphatic rings. The van der Waals surface area contributed by atoms with Crippen LogP contribution in [0.2, 0.25) is 0 Å². The molecule has 0 radical (unpaired) electrons. The van der Waals surface area contributed by atoms with Crippen molar-refractivity contribution in [2.24, 2.45) is 0 Å². The van der Waals surface area contributed by atoms with Crippen molar-refractivity contribution in [3.05, 3.63) is 40.6 Å². The van der Waals surface area contributed by atoms with Crippen molar-refractivity contribution in [3.8, 4) is 17.7 Å². The molecule has 0 aliphatic heterocycles. The number of benzene rings is 1. The second-order valence-corrected chi connectivity index (χ2v) is 4.33. The van der Waals surface area contributed by atoms with Crippen molar-refractivity contribution in [2.45, 2.75) is 20.8 Å². The van der Waals surface area contributed by atoms with Crippen LogP contribution in [0.3, 0.4) is 0 Å². The molecule has 1 aromatic carbocycles. The van der Waals surface area contributed by atoms with Crippen LogP contribution in [0.1, 0.15) is 22.4 Å². The molecular weight excluding hydrogens is 240 g/mol. The number of aryl methyl sites for hydroxylation is 2. The zero-order valence-corrected chi connectivity index (χ0v) is 11.1. The maximum absolute atomic E-state index is 9.20. The molecule has 0 bridgehead atoms. The number of nitriles is 1. The lowest BCUT2D eigenvalue weighted by Gasteiger charge is -2.11. The SMILES string of the molecule is Cc1ccc(N)cc1Oc1nnc(C)c(C)c1C#N. The van der Waals surface area contributed by atoms with E-state index in [1.165, 1.54) is 0 Å². The van der Waals surface area contributed by atoms with Gasteiger partial charge in [0.2, 0.25) is 0 Å². The van der Waals surface area contributed by atoms with Crippen LogP contribution in [0.15, 0.2) is 18.2 Å². The van der Waals surface area contributed by atoms with Crippen molar-refractivity contribution in [3.63, 3.8) is 0 Å². The molecule has 1 aromatic heterocycles. The molecule has 0 spiro atoms. The van der Waals surface area contributed by atoms with Crippen LogP contribution >= 0.6 is 0 Å². The number of hydrogen-bond acceptors (Lipinski definition) is 5. The minimum atomic E-state index is 0.208. The van der Waals surface area contributed by atoms with E-state index in [0.717, 1.165) is 11.1 Å². The van der Waals surface area contributed by atoms with Gasteiger partial charge in [0, 0.05) is 11.8 Å². The first-order valence-electron chi connectivity index (χ1n) is 5.81. The Morgan fingerprint density at radius 3 is 2.63 bits per heavy atom. The third-order valence-corrected chi connectivity index (χ3v) is 2.95. The fraction of sp³-hybridized carbons (Fsp3) is 0.214. The number of hydrogen-bond donors (Lipinski definition) is 1. The lowest BCUT2D eigenvalue weighted by atomic mass is 10.1. The molecule has 2 N–H and O–H groups in total. The van der Waals surface area contributed by atoms with E-state index in [9.17, 15) is 5.26 Å². The molecule has 96 valence electrons. The van der Waals surface area contributed by atoms with Gasteiger partial charge >= 0.3 is 0 Å². The van der Waals surface area contributed by atoms with Crippen LogP contribution < -0.4 is 10.5 Å². The highest BCUT2D eigenvalue weighted by Gasteiger charge is 2.13. The molecule has 0 unspecified atom stereocenters. The van der Waals surface area contributed by atoms with Crippen molar-refractivity contribution < 1.29 is 4.74 Å². The number of nitrogens with two attached hydrogens (primary N) is 1. The lowest BCUT2D eigenvalue weighted by molar-refractivity contribution is 0.449. The molecule has 5 nitrogen and oxygen atoms in total. The summed E-state index contributed by atoms with van der Waals surface area (Å²) in [7, 11) is 0. The monoisotopic (exact) mass is 254 g/mol. The van der Waals surface area contributed by atoms with Gasteiger partial charge in [0.15, 0.2) is 0 Å². The maximum Gasteiger partial charge on any atom is 0.257 e. The first-order chi connectivity index (χ1) is 9.02. The highest BCUT2D eigenvalue weighted by atomic mass is 16.5. The molecule has 0 atom stereocenters. The van der Waals surface area contributed by atoms with E-state index in [1.807, 2.05) is 19.9 Å². The largest absolute Gasteiger partial charge is 0.436 e. The highest BCUT2D eigenvalue weighted by Crippen LogP contribution is 2.29. The Labute approximate surface area is 111 Å². The number of anilines is 1. The van der Waals surface area contributed by atoms with Crippen LogP contribution in [0.5, 0.6) is 11.6 Å². The summed E-state index contributed by atoms with van der Waals surface area (Å²) in [5.74, 6) is 0.786. The third-order valence-electron chi connectivity index (χ3n) is 2.95. The second-order valence-electron chi connectivity index (χ2n) is 4.33. The van der Waals surface area contributed by atoms with Crippen LogP contribution in [0.4, 0.5) is 5.69 Å². The second kappa shape index (κ2) is 4.94. The maximum atomic E-state index is 9.20. The van der Waals surface area contributed by atoms with E-state index in [4.69, 9.17) is 10.5 Å². The molecule has 0 fully saturated rings. The molecule has 2 aromatic rings. The van der Waals surface area contributed by atoms with E-state index in [1.54, 1.807) is 19.1 Å². The average Bonchev–Trinajstić information content (AvgIpc) is 2.38. The van der Waals surface area contributed by atoms with Gasteiger partial charge in [-0.25, -0.2) is 0 Å². The summed E-state index contributed by atoms with van der Waals surface area (Å²) in [6.07, 6.45) is 0. The number of aromatic nitrogens is 2. The Bertz CT molecular complexity index is 674. The predicted octanol–water partition coefficient (Wildman–Crippen LogP) is 2.65. The normalized spacial score (nSPS) is 10.0. The smallest absolute Gasteiger partial charge is 0.257 e. The molecule has 0 saturated heterocycles. The van der Waals surface area contributed by atoms with Gasteiger partial charge in [0.05, 0.1) is 5.69 Å². The van der Waals surface area contributed by atoms with Gasteiger partial charge in [-0.2, -0.15) is 10.4 Å². The zero-order chi connectivity index (χ0) is 14.0. The number of ether oxygens (including phenoxy) is 1. The number of rotatable bonds is 2. The van der Waals surface area contributed by atoms with E-state index < -0.39 is 0 Å². The summed E-state index contributed by atoms with van der Waals surface area (Å²) in [6, 6.07) is 7.45. The van der Waals surface area contributed by atoms with Crippen LogP contribution in [-0.2, 0) is 0 Å². The Hall–Kier alpha value is -2.61. The summed E-state index contributed by atoms with van der Waals surface area (Å²) < 4.78 is 5.67. The van der Waals surface area contributed by atoms with E-state index >= 15 is 0 Å². The summed E-state index contributed by atoms with van der Waals surface area (Å²) >= 11 is 0. The van der Waals surface area contributed by atoms with Crippen molar-refractivity contribution in [2.75, 3.05) is 5.73 Å². The van der Waals surface area contributed by atoms with E-state index in [2.05, 4.69) is 16.3 Å². The van der Waals surface area contributed by atoms with Gasteiger partial charge in [-0.3, -0.25) is 0 Å². The van der Waals surface area contributed by atoms with Crippen LogP contribution in [-0.4, -0.2) is 10.2 Å². The topological polar surface area (TPSA) is 84.8 Å². The van der Waals surface area contributed by atoms with Crippen LogP contribution in [0.25, 0.3) is 0 Å². The molecule has 0 amide bonds. The molecule has 5 heteroatoms. The Kier molecular flexibility index (Phi) is 3.34. The molecule has 2 rings (SSSR count).